The molecule has 0 amide bonds. The maximum absolute atomic E-state index is 13.3. The van der Waals surface area contributed by atoms with Crippen LogP contribution in [-0.2, 0) is 0 Å². The lowest BCUT2D eigenvalue weighted by molar-refractivity contribution is 0.0879. The predicted molar refractivity (Wildman–Crippen MR) is 66.5 cm³/mol. The first-order valence-corrected chi connectivity index (χ1v) is 6.15. The Morgan fingerprint density at radius 1 is 1.50 bits per heavy atom. The maximum atomic E-state index is 13.3. The lowest BCUT2D eigenvalue weighted by atomic mass is 9.92. The van der Waals surface area contributed by atoms with Gasteiger partial charge in [0.1, 0.15) is 5.82 Å². The van der Waals surface area contributed by atoms with Gasteiger partial charge in [-0.25, -0.2) is 4.39 Å². The van der Waals surface area contributed by atoms with Crippen LogP contribution in [0.5, 0.6) is 0 Å². The topological polar surface area (TPSA) is 46.2 Å². The molecule has 2 nitrogen and oxygen atoms in total. The summed E-state index contributed by atoms with van der Waals surface area (Å²) in [6.45, 7) is 3.92. The summed E-state index contributed by atoms with van der Waals surface area (Å²) < 4.78 is 13.7. The quantitative estimate of drug-likeness (QED) is 0.895. The van der Waals surface area contributed by atoms with Crippen molar-refractivity contribution in [3.05, 3.63) is 34.1 Å². The third-order valence-electron chi connectivity index (χ3n) is 2.92. The monoisotopic (exact) mass is 289 g/mol. The normalized spacial score (nSPS) is 16.9. The number of hydrogen-bond acceptors (Lipinski definition) is 2. The highest BCUT2D eigenvalue weighted by Crippen LogP contribution is 2.24. The van der Waals surface area contributed by atoms with Crippen LogP contribution in [0.3, 0.4) is 0 Å². The fourth-order valence-electron chi connectivity index (χ4n) is 1.51. The SMILES string of the molecule is CCC(C)[C@H](O)[C@H](N)c1ccc(Br)c(F)c1. The van der Waals surface area contributed by atoms with E-state index in [1.807, 2.05) is 13.8 Å². The van der Waals surface area contributed by atoms with Gasteiger partial charge in [0, 0.05) is 0 Å². The van der Waals surface area contributed by atoms with Gasteiger partial charge in [-0.15, -0.1) is 0 Å². The molecule has 0 aromatic heterocycles. The van der Waals surface area contributed by atoms with Gasteiger partial charge in [0.2, 0.25) is 0 Å². The molecule has 4 heteroatoms. The first-order chi connectivity index (χ1) is 7.47. The van der Waals surface area contributed by atoms with Crippen molar-refractivity contribution in [3.8, 4) is 0 Å². The van der Waals surface area contributed by atoms with E-state index in [0.29, 0.717) is 10.0 Å². The average molecular weight is 290 g/mol. The largest absolute Gasteiger partial charge is 0.391 e. The number of aliphatic hydroxyl groups excluding tert-OH is 1. The molecule has 1 unspecified atom stereocenters. The van der Waals surface area contributed by atoms with E-state index in [9.17, 15) is 9.50 Å². The first-order valence-electron chi connectivity index (χ1n) is 5.36. The summed E-state index contributed by atoms with van der Waals surface area (Å²) in [4.78, 5) is 0. The van der Waals surface area contributed by atoms with Gasteiger partial charge in [0.25, 0.3) is 0 Å². The van der Waals surface area contributed by atoms with Crippen LogP contribution in [0, 0.1) is 11.7 Å². The molecule has 0 aliphatic rings. The average Bonchev–Trinajstić information content (AvgIpc) is 2.29. The van der Waals surface area contributed by atoms with Crippen LogP contribution in [-0.4, -0.2) is 11.2 Å². The number of nitrogens with two attached hydrogens (primary N) is 1. The molecule has 0 aliphatic heterocycles. The van der Waals surface area contributed by atoms with E-state index in [1.54, 1.807) is 12.1 Å². The summed E-state index contributed by atoms with van der Waals surface area (Å²) >= 11 is 3.08. The van der Waals surface area contributed by atoms with E-state index >= 15 is 0 Å². The third kappa shape index (κ3) is 3.03. The van der Waals surface area contributed by atoms with Crippen LogP contribution in [0.15, 0.2) is 22.7 Å². The van der Waals surface area contributed by atoms with Crippen molar-refractivity contribution in [2.45, 2.75) is 32.4 Å². The van der Waals surface area contributed by atoms with Crippen molar-refractivity contribution < 1.29 is 9.50 Å². The van der Waals surface area contributed by atoms with E-state index in [4.69, 9.17) is 5.73 Å². The number of aliphatic hydroxyl groups is 1. The highest BCUT2D eigenvalue weighted by Gasteiger charge is 2.22. The number of benzene rings is 1. The van der Waals surface area contributed by atoms with Crippen LogP contribution >= 0.6 is 15.9 Å². The molecule has 0 saturated heterocycles. The molecule has 0 aliphatic carbocycles. The van der Waals surface area contributed by atoms with E-state index < -0.39 is 12.1 Å². The molecular formula is C12H17BrFNO. The van der Waals surface area contributed by atoms with E-state index in [2.05, 4.69) is 15.9 Å². The molecule has 1 aromatic rings. The molecule has 0 heterocycles. The highest BCUT2D eigenvalue weighted by molar-refractivity contribution is 9.10. The van der Waals surface area contributed by atoms with Crippen molar-refractivity contribution in [2.24, 2.45) is 11.7 Å². The van der Waals surface area contributed by atoms with Gasteiger partial charge in [0.15, 0.2) is 0 Å². The zero-order valence-corrected chi connectivity index (χ0v) is 11.0. The van der Waals surface area contributed by atoms with Gasteiger partial charge in [0.05, 0.1) is 16.6 Å². The summed E-state index contributed by atoms with van der Waals surface area (Å²) in [5.74, 6) is -0.258. The van der Waals surface area contributed by atoms with Crippen LogP contribution in [0.2, 0.25) is 0 Å². The second-order valence-electron chi connectivity index (χ2n) is 4.08. The molecule has 3 atom stereocenters. The summed E-state index contributed by atoms with van der Waals surface area (Å²) in [5, 5.41) is 9.94. The molecule has 0 radical (unpaired) electrons. The van der Waals surface area contributed by atoms with E-state index in [1.165, 1.54) is 6.07 Å². The number of halogens is 2. The molecule has 90 valence electrons. The molecule has 1 aromatic carbocycles. The van der Waals surface area contributed by atoms with Crippen LogP contribution in [0.4, 0.5) is 4.39 Å². The van der Waals surface area contributed by atoms with E-state index in [0.717, 1.165) is 6.42 Å². The second kappa shape index (κ2) is 5.75. The lowest BCUT2D eigenvalue weighted by Crippen LogP contribution is -2.31. The minimum Gasteiger partial charge on any atom is -0.391 e. The van der Waals surface area contributed by atoms with Crippen molar-refractivity contribution in [2.75, 3.05) is 0 Å². The Morgan fingerprint density at radius 3 is 2.62 bits per heavy atom. The minimum absolute atomic E-state index is 0.0988. The van der Waals surface area contributed by atoms with Crippen LogP contribution < -0.4 is 5.73 Å². The maximum Gasteiger partial charge on any atom is 0.137 e. The molecule has 0 bridgehead atoms. The van der Waals surface area contributed by atoms with Crippen molar-refractivity contribution in [1.29, 1.82) is 0 Å². The van der Waals surface area contributed by atoms with E-state index in [-0.39, 0.29) is 11.7 Å². The summed E-state index contributed by atoms with van der Waals surface area (Å²) in [5.41, 5.74) is 6.52. The number of rotatable bonds is 4. The molecular weight excluding hydrogens is 273 g/mol. The van der Waals surface area contributed by atoms with Crippen molar-refractivity contribution >= 4 is 15.9 Å². The Kier molecular flexibility index (Phi) is 4.89. The lowest BCUT2D eigenvalue weighted by Gasteiger charge is -2.24. The Balaban J connectivity index is 2.87. The van der Waals surface area contributed by atoms with Crippen molar-refractivity contribution in [1.82, 2.24) is 0 Å². The van der Waals surface area contributed by atoms with Crippen molar-refractivity contribution in [3.63, 3.8) is 0 Å². The van der Waals surface area contributed by atoms with Gasteiger partial charge >= 0.3 is 0 Å². The van der Waals surface area contributed by atoms with Gasteiger partial charge in [-0.2, -0.15) is 0 Å². The Hall–Kier alpha value is -0.450. The Bertz CT molecular complexity index is 359. The zero-order valence-electron chi connectivity index (χ0n) is 9.45. The standard InChI is InChI=1S/C12H17BrFNO/c1-3-7(2)12(16)11(15)8-4-5-9(13)10(14)6-8/h4-7,11-12,16H,3,15H2,1-2H3/t7?,11-,12+/m1/s1. The van der Waals surface area contributed by atoms with Crippen LogP contribution in [0.25, 0.3) is 0 Å². The molecule has 0 saturated carbocycles. The third-order valence-corrected chi connectivity index (χ3v) is 3.57. The minimum atomic E-state index is -0.648. The van der Waals surface area contributed by atoms with Gasteiger partial charge in [-0.1, -0.05) is 26.3 Å². The Labute approximate surface area is 104 Å². The zero-order chi connectivity index (χ0) is 12.3. The van der Waals surface area contributed by atoms with Gasteiger partial charge in [-0.05, 0) is 39.5 Å². The molecule has 3 N–H and O–H groups in total. The predicted octanol–water partition coefficient (Wildman–Crippen LogP) is 3.00. The summed E-state index contributed by atoms with van der Waals surface area (Å²) in [6, 6.07) is 4.15. The van der Waals surface area contributed by atoms with Crippen LogP contribution in [0.1, 0.15) is 31.9 Å². The van der Waals surface area contributed by atoms with Gasteiger partial charge < -0.3 is 10.8 Å². The Morgan fingerprint density at radius 2 is 2.12 bits per heavy atom. The fourth-order valence-corrected chi connectivity index (χ4v) is 1.76. The summed E-state index contributed by atoms with van der Waals surface area (Å²) in [6.07, 6.45) is 0.194. The molecule has 0 fully saturated rings. The summed E-state index contributed by atoms with van der Waals surface area (Å²) in [7, 11) is 0. The number of hydrogen-bond donors (Lipinski definition) is 2. The van der Waals surface area contributed by atoms with Gasteiger partial charge in [-0.3, -0.25) is 0 Å². The molecule has 1 rings (SSSR count). The first kappa shape index (κ1) is 13.6. The molecule has 0 spiro atoms. The smallest absolute Gasteiger partial charge is 0.137 e. The second-order valence-corrected chi connectivity index (χ2v) is 4.93. The molecule has 16 heavy (non-hydrogen) atoms. The highest BCUT2D eigenvalue weighted by atomic mass is 79.9. The fraction of sp³-hybridized carbons (Fsp3) is 0.500.